The molecule has 6 heteroatoms. The molecule has 1 atom stereocenters. The Balaban J connectivity index is 2.07. The Morgan fingerprint density at radius 1 is 1.40 bits per heavy atom. The molecular weight excluding hydrogens is 260 g/mol. The minimum Gasteiger partial charge on any atom is -0.493 e. The molecule has 0 spiro atoms. The van der Waals surface area contributed by atoms with Crippen LogP contribution in [-0.2, 0) is 0 Å². The summed E-state index contributed by atoms with van der Waals surface area (Å²) >= 11 is 0. The summed E-state index contributed by atoms with van der Waals surface area (Å²) in [6.45, 7) is 1.59. The van der Waals surface area contributed by atoms with Gasteiger partial charge in [-0.1, -0.05) is 6.42 Å². The second-order valence-corrected chi connectivity index (χ2v) is 5.03. The predicted octanol–water partition coefficient (Wildman–Crippen LogP) is 2.47. The first-order valence-electron chi connectivity index (χ1n) is 6.77. The number of nitro benzene ring substituents is 1. The number of hydrogen-bond acceptors (Lipinski definition) is 5. The van der Waals surface area contributed by atoms with Crippen LogP contribution in [0.5, 0.6) is 11.5 Å². The van der Waals surface area contributed by atoms with Crippen LogP contribution >= 0.6 is 0 Å². The molecule has 0 bridgehead atoms. The standard InChI is InChI=1S/C14H20N2O4/c1-15-8-4-3-5-12(15)10-20-14-9-11(16(17)18)6-7-13(14)19-2/h6-7,9,12H,3-5,8,10H2,1-2H3. The van der Waals surface area contributed by atoms with E-state index in [1.54, 1.807) is 6.07 Å². The smallest absolute Gasteiger partial charge is 0.273 e. The van der Waals surface area contributed by atoms with E-state index in [0.29, 0.717) is 24.1 Å². The largest absolute Gasteiger partial charge is 0.493 e. The van der Waals surface area contributed by atoms with E-state index in [1.165, 1.54) is 32.1 Å². The third-order valence-corrected chi connectivity index (χ3v) is 3.71. The van der Waals surface area contributed by atoms with Gasteiger partial charge >= 0.3 is 0 Å². The maximum atomic E-state index is 10.8. The fraction of sp³-hybridized carbons (Fsp3) is 0.571. The summed E-state index contributed by atoms with van der Waals surface area (Å²) in [4.78, 5) is 12.7. The van der Waals surface area contributed by atoms with Gasteiger partial charge in [-0.05, 0) is 32.5 Å². The quantitative estimate of drug-likeness (QED) is 0.612. The molecule has 6 nitrogen and oxygen atoms in total. The van der Waals surface area contributed by atoms with Crippen LogP contribution in [0.4, 0.5) is 5.69 Å². The first kappa shape index (κ1) is 14.6. The van der Waals surface area contributed by atoms with Gasteiger partial charge < -0.3 is 14.4 Å². The minimum absolute atomic E-state index is 0.0119. The van der Waals surface area contributed by atoms with E-state index < -0.39 is 4.92 Å². The van der Waals surface area contributed by atoms with Crippen molar-refractivity contribution in [3.05, 3.63) is 28.3 Å². The molecule has 0 radical (unpaired) electrons. The van der Waals surface area contributed by atoms with Crippen molar-refractivity contribution in [1.29, 1.82) is 0 Å². The third kappa shape index (κ3) is 3.39. The van der Waals surface area contributed by atoms with E-state index in [0.717, 1.165) is 13.0 Å². The summed E-state index contributed by atoms with van der Waals surface area (Å²) in [6.07, 6.45) is 3.51. The van der Waals surface area contributed by atoms with Crippen molar-refractivity contribution in [3.63, 3.8) is 0 Å². The molecule has 0 saturated carbocycles. The average Bonchev–Trinajstić information content (AvgIpc) is 2.46. The van der Waals surface area contributed by atoms with Crippen LogP contribution in [0.15, 0.2) is 18.2 Å². The third-order valence-electron chi connectivity index (χ3n) is 3.71. The molecule has 1 unspecified atom stereocenters. The molecule has 1 aromatic rings. The zero-order valence-electron chi connectivity index (χ0n) is 11.9. The van der Waals surface area contributed by atoms with Crippen LogP contribution < -0.4 is 9.47 Å². The van der Waals surface area contributed by atoms with Crippen molar-refractivity contribution < 1.29 is 14.4 Å². The Morgan fingerprint density at radius 2 is 2.20 bits per heavy atom. The predicted molar refractivity (Wildman–Crippen MR) is 75.4 cm³/mol. The van der Waals surface area contributed by atoms with Gasteiger partial charge in [-0.2, -0.15) is 0 Å². The first-order valence-corrected chi connectivity index (χ1v) is 6.77. The number of benzene rings is 1. The molecule has 110 valence electrons. The van der Waals surface area contributed by atoms with Gasteiger partial charge in [0.25, 0.3) is 5.69 Å². The Morgan fingerprint density at radius 3 is 2.85 bits per heavy atom. The number of likely N-dealkylation sites (tertiary alicyclic amines) is 1. The Labute approximate surface area is 118 Å². The second-order valence-electron chi connectivity index (χ2n) is 5.03. The van der Waals surface area contributed by atoms with Crippen molar-refractivity contribution in [2.45, 2.75) is 25.3 Å². The van der Waals surface area contributed by atoms with E-state index >= 15 is 0 Å². The van der Waals surface area contributed by atoms with Gasteiger partial charge in [-0.3, -0.25) is 10.1 Å². The molecular formula is C14H20N2O4. The molecule has 1 heterocycles. The molecule has 0 N–H and O–H groups in total. The van der Waals surface area contributed by atoms with Gasteiger partial charge in [0.15, 0.2) is 11.5 Å². The number of likely N-dealkylation sites (N-methyl/N-ethyl adjacent to an activating group) is 1. The molecule has 0 aromatic heterocycles. The molecule has 1 fully saturated rings. The van der Waals surface area contributed by atoms with Gasteiger partial charge in [-0.15, -0.1) is 0 Å². The Hall–Kier alpha value is -1.82. The fourth-order valence-corrected chi connectivity index (χ4v) is 2.43. The van der Waals surface area contributed by atoms with Crippen LogP contribution in [0.3, 0.4) is 0 Å². The summed E-state index contributed by atoms with van der Waals surface area (Å²) in [6, 6.07) is 4.76. The molecule has 2 rings (SSSR count). The van der Waals surface area contributed by atoms with Crippen LogP contribution in [0, 0.1) is 10.1 Å². The number of nitro groups is 1. The molecule has 20 heavy (non-hydrogen) atoms. The number of methoxy groups -OCH3 is 1. The van der Waals surface area contributed by atoms with E-state index in [4.69, 9.17) is 9.47 Å². The summed E-state index contributed by atoms with van der Waals surface area (Å²) in [5.41, 5.74) is 0.0119. The lowest BCUT2D eigenvalue weighted by molar-refractivity contribution is -0.385. The number of hydrogen-bond donors (Lipinski definition) is 0. The molecule has 1 aromatic carbocycles. The number of rotatable bonds is 5. The van der Waals surface area contributed by atoms with Crippen LogP contribution in [-0.4, -0.2) is 43.2 Å². The van der Waals surface area contributed by atoms with Crippen LogP contribution in [0.25, 0.3) is 0 Å². The van der Waals surface area contributed by atoms with E-state index in [2.05, 4.69) is 11.9 Å². The van der Waals surface area contributed by atoms with Gasteiger partial charge in [0.2, 0.25) is 0 Å². The first-order chi connectivity index (χ1) is 9.61. The zero-order valence-corrected chi connectivity index (χ0v) is 11.9. The lowest BCUT2D eigenvalue weighted by Crippen LogP contribution is -2.40. The van der Waals surface area contributed by atoms with Crippen molar-refractivity contribution >= 4 is 5.69 Å². The average molecular weight is 280 g/mol. The van der Waals surface area contributed by atoms with Crippen LogP contribution in [0.1, 0.15) is 19.3 Å². The highest BCUT2D eigenvalue weighted by Gasteiger charge is 2.20. The number of ether oxygens (including phenoxy) is 2. The number of nitrogens with zero attached hydrogens (tertiary/aromatic N) is 2. The summed E-state index contributed by atoms with van der Waals surface area (Å²) in [5.74, 6) is 0.953. The molecule has 1 aliphatic heterocycles. The molecule has 0 amide bonds. The maximum absolute atomic E-state index is 10.8. The van der Waals surface area contributed by atoms with Gasteiger partial charge in [0, 0.05) is 12.1 Å². The maximum Gasteiger partial charge on any atom is 0.273 e. The summed E-state index contributed by atoms with van der Waals surface area (Å²) in [7, 11) is 3.61. The van der Waals surface area contributed by atoms with Crippen LogP contribution in [0.2, 0.25) is 0 Å². The lowest BCUT2D eigenvalue weighted by atomic mass is 10.0. The van der Waals surface area contributed by atoms with Crippen molar-refractivity contribution in [2.75, 3.05) is 27.3 Å². The van der Waals surface area contributed by atoms with E-state index in [1.807, 2.05) is 0 Å². The van der Waals surface area contributed by atoms with Crippen molar-refractivity contribution in [1.82, 2.24) is 4.90 Å². The van der Waals surface area contributed by atoms with E-state index in [9.17, 15) is 10.1 Å². The fourth-order valence-electron chi connectivity index (χ4n) is 2.43. The van der Waals surface area contributed by atoms with Crippen molar-refractivity contribution in [3.8, 4) is 11.5 Å². The summed E-state index contributed by atoms with van der Waals surface area (Å²) < 4.78 is 10.9. The lowest BCUT2D eigenvalue weighted by Gasteiger charge is -2.32. The van der Waals surface area contributed by atoms with Gasteiger partial charge in [0.1, 0.15) is 6.61 Å². The number of piperidine rings is 1. The molecule has 0 aliphatic carbocycles. The molecule has 1 saturated heterocycles. The van der Waals surface area contributed by atoms with E-state index in [-0.39, 0.29) is 5.69 Å². The highest BCUT2D eigenvalue weighted by Crippen LogP contribution is 2.31. The molecule has 1 aliphatic rings. The summed E-state index contributed by atoms with van der Waals surface area (Å²) in [5, 5.41) is 10.8. The topological polar surface area (TPSA) is 64.8 Å². The zero-order chi connectivity index (χ0) is 14.5. The normalized spacial score (nSPS) is 19.6. The highest BCUT2D eigenvalue weighted by atomic mass is 16.6. The SMILES string of the molecule is COc1ccc([N+](=O)[O-])cc1OCC1CCCCN1C. The Kier molecular flexibility index (Phi) is 4.79. The van der Waals surface area contributed by atoms with Gasteiger partial charge in [-0.25, -0.2) is 0 Å². The van der Waals surface area contributed by atoms with Crippen molar-refractivity contribution in [2.24, 2.45) is 0 Å². The highest BCUT2D eigenvalue weighted by molar-refractivity contribution is 5.48. The Bertz CT molecular complexity index is 478. The monoisotopic (exact) mass is 280 g/mol. The van der Waals surface area contributed by atoms with Gasteiger partial charge in [0.05, 0.1) is 18.1 Å². The minimum atomic E-state index is -0.432. The second kappa shape index (κ2) is 6.56. The number of non-ortho nitro benzene ring substituents is 1.